The minimum Gasteiger partial charge on any atom is -0.480 e. The van der Waals surface area contributed by atoms with E-state index < -0.39 is 28.5 Å². The summed E-state index contributed by atoms with van der Waals surface area (Å²) in [5.41, 5.74) is 0. The molecule has 9 heteroatoms. The lowest BCUT2D eigenvalue weighted by Gasteiger charge is -1.99. The Hall–Kier alpha value is -0.740. The van der Waals surface area contributed by atoms with Gasteiger partial charge in [-0.1, -0.05) is 0 Å². The molecule has 0 saturated carbocycles. The third-order valence-electron chi connectivity index (χ3n) is 1.41. The second-order valence-corrected chi connectivity index (χ2v) is 3.53. The zero-order chi connectivity index (χ0) is 11.4. The van der Waals surface area contributed by atoms with Gasteiger partial charge in [0.2, 0.25) is 0 Å². The quantitative estimate of drug-likeness (QED) is 0.329. The third kappa shape index (κ3) is 7.89. The van der Waals surface area contributed by atoms with E-state index in [1.165, 1.54) is 0 Å². The highest BCUT2D eigenvalue weighted by Crippen LogP contribution is 2.05. The first-order valence-corrected chi connectivity index (χ1v) is 4.94. The summed E-state index contributed by atoms with van der Waals surface area (Å²) in [6.45, 7) is 0.400. The normalized spacial score (nSPS) is 26.5. The first-order chi connectivity index (χ1) is 6.20. The van der Waals surface area contributed by atoms with Gasteiger partial charge in [-0.05, 0) is 0 Å². The number of aliphatic carboxylic acids is 1. The molecule has 0 radical (unpaired) electrons. The Bertz CT molecular complexity index is 278. The van der Waals surface area contributed by atoms with Gasteiger partial charge in [0.1, 0.15) is 6.04 Å². The number of carboxylic acids is 1. The van der Waals surface area contributed by atoms with Crippen LogP contribution in [0.3, 0.4) is 0 Å². The van der Waals surface area contributed by atoms with Gasteiger partial charge in [-0.15, -0.1) is 0 Å². The molecule has 8 nitrogen and oxygen atoms in total. The maximum absolute atomic E-state index is 10.2. The van der Waals surface area contributed by atoms with Crippen molar-refractivity contribution in [2.24, 2.45) is 0 Å². The summed E-state index contributed by atoms with van der Waals surface area (Å²) < 4.78 is 31.6. The Labute approximate surface area is 80.1 Å². The van der Waals surface area contributed by atoms with Crippen molar-refractivity contribution in [3.63, 3.8) is 0 Å². The topological polar surface area (TPSA) is 144 Å². The first kappa shape index (κ1) is 13.3. The molecule has 1 heterocycles. The fourth-order valence-electron chi connectivity index (χ4n) is 0.905. The highest BCUT2D eigenvalue weighted by atomic mass is 32.3. The molecule has 5 N–H and O–H groups in total. The average molecular weight is 229 g/mol. The van der Waals surface area contributed by atoms with Gasteiger partial charge in [0.05, 0.1) is 6.10 Å². The van der Waals surface area contributed by atoms with E-state index in [-0.39, 0.29) is 0 Å². The van der Waals surface area contributed by atoms with E-state index in [2.05, 4.69) is 5.32 Å². The van der Waals surface area contributed by atoms with Gasteiger partial charge >= 0.3 is 16.4 Å². The number of carbonyl (C=O) groups is 1. The maximum Gasteiger partial charge on any atom is 0.394 e. The van der Waals surface area contributed by atoms with E-state index in [0.29, 0.717) is 13.0 Å². The van der Waals surface area contributed by atoms with Crippen molar-refractivity contribution in [1.82, 2.24) is 5.32 Å². The lowest BCUT2D eigenvalue weighted by molar-refractivity contribution is -0.139. The van der Waals surface area contributed by atoms with Crippen LogP contribution in [0.25, 0.3) is 0 Å². The van der Waals surface area contributed by atoms with Crippen LogP contribution in [-0.2, 0) is 15.2 Å². The summed E-state index contributed by atoms with van der Waals surface area (Å²) in [6.07, 6.45) is -0.152. The van der Waals surface area contributed by atoms with E-state index in [4.69, 9.17) is 27.7 Å². The fraction of sp³-hybridized carbons (Fsp3) is 0.800. The molecular formula is C5H11NO7S. The van der Waals surface area contributed by atoms with Gasteiger partial charge in [0, 0.05) is 13.0 Å². The van der Waals surface area contributed by atoms with Crippen LogP contribution in [0.2, 0.25) is 0 Å². The Morgan fingerprint density at radius 3 is 1.93 bits per heavy atom. The summed E-state index contributed by atoms with van der Waals surface area (Å²) in [6, 6.07) is -0.542. The van der Waals surface area contributed by atoms with Gasteiger partial charge in [0.15, 0.2) is 0 Å². The van der Waals surface area contributed by atoms with Crippen molar-refractivity contribution in [3.05, 3.63) is 0 Å². The summed E-state index contributed by atoms with van der Waals surface area (Å²) in [7, 11) is -4.67. The molecule has 0 aromatic carbocycles. The lowest BCUT2D eigenvalue weighted by Crippen LogP contribution is -2.29. The summed E-state index contributed by atoms with van der Waals surface area (Å²) in [4.78, 5) is 10.2. The maximum atomic E-state index is 10.2. The van der Waals surface area contributed by atoms with Gasteiger partial charge in [-0.3, -0.25) is 13.9 Å². The van der Waals surface area contributed by atoms with Crippen LogP contribution >= 0.6 is 0 Å². The molecule has 1 rings (SSSR count). The Morgan fingerprint density at radius 2 is 1.79 bits per heavy atom. The van der Waals surface area contributed by atoms with Crippen molar-refractivity contribution >= 4 is 16.4 Å². The van der Waals surface area contributed by atoms with Crippen molar-refractivity contribution < 1.29 is 32.5 Å². The van der Waals surface area contributed by atoms with Crippen LogP contribution in [0.15, 0.2) is 0 Å². The van der Waals surface area contributed by atoms with Crippen molar-refractivity contribution in [3.8, 4) is 0 Å². The number of β-amino-alcohol motifs (C(OH)–C–C–N with tert-alkyl or cyclic N) is 1. The van der Waals surface area contributed by atoms with Gasteiger partial charge in [-0.2, -0.15) is 8.42 Å². The average Bonchev–Trinajstić information content (AvgIpc) is 2.31. The Balaban J connectivity index is 0.000000292. The van der Waals surface area contributed by atoms with Gasteiger partial charge in [-0.25, -0.2) is 0 Å². The first-order valence-electron chi connectivity index (χ1n) is 3.54. The van der Waals surface area contributed by atoms with Gasteiger partial charge in [0.25, 0.3) is 0 Å². The zero-order valence-corrected chi connectivity index (χ0v) is 7.81. The molecule has 0 amide bonds. The van der Waals surface area contributed by atoms with E-state index in [9.17, 15) is 4.79 Å². The predicted octanol–water partition coefficient (Wildman–Crippen LogP) is -1.86. The van der Waals surface area contributed by atoms with Crippen molar-refractivity contribution in [1.29, 1.82) is 0 Å². The summed E-state index contributed by atoms with van der Waals surface area (Å²) in [5, 5.41) is 19.8. The Kier molecular flexibility index (Phi) is 4.94. The van der Waals surface area contributed by atoms with E-state index in [1.807, 2.05) is 0 Å². The van der Waals surface area contributed by atoms with Crippen LogP contribution in [0.1, 0.15) is 6.42 Å². The smallest absolute Gasteiger partial charge is 0.394 e. The molecule has 1 aliphatic rings. The largest absolute Gasteiger partial charge is 0.480 e. The highest BCUT2D eigenvalue weighted by Gasteiger charge is 2.27. The molecule has 0 spiro atoms. The molecule has 0 aromatic heterocycles. The minimum absolute atomic E-state index is 0.329. The molecule has 1 aliphatic heterocycles. The Morgan fingerprint density at radius 1 is 1.36 bits per heavy atom. The highest BCUT2D eigenvalue weighted by molar-refractivity contribution is 7.79. The number of aliphatic hydroxyl groups is 1. The van der Waals surface area contributed by atoms with Crippen LogP contribution < -0.4 is 5.32 Å². The van der Waals surface area contributed by atoms with E-state index in [0.717, 1.165) is 0 Å². The van der Waals surface area contributed by atoms with E-state index in [1.54, 1.807) is 0 Å². The molecule has 0 unspecified atom stereocenters. The second-order valence-electron chi connectivity index (χ2n) is 2.64. The zero-order valence-electron chi connectivity index (χ0n) is 6.99. The van der Waals surface area contributed by atoms with Crippen LogP contribution in [0, 0.1) is 0 Å². The monoisotopic (exact) mass is 229 g/mol. The molecule has 84 valence electrons. The molecule has 14 heavy (non-hydrogen) atoms. The summed E-state index contributed by atoms with van der Waals surface area (Å²) >= 11 is 0. The van der Waals surface area contributed by atoms with E-state index >= 15 is 0 Å². The van der Waals surface area contributed by atoms with Crippen LogP contribution in [0.5, 0.6) is 0 Å². The summed E-state index contributed by atoms with van der Waals surface area (Å²) in [5.74, 6) is -0.883. The number of aliphatic hydroxyl groups excluding tert-OH is 1. The third-order valence-corrected chi connectivity index (χ3v) is 1.41. The number of hydrogen-bond donors (Lipinski definition) is 5. The van der Waals surface area contributed by atoms with Crippen LogP contribution in [-0.4, -0.2) is 52.4 Å². The lowest BCUT2D eigenvalue weighted by atomic mass is 10.2. The molecule has 0 bridgehead atoms. The molecule has 2 atom stereocenters. The molecular weight excluding hydrogens is 218 g/mol. The number of rotatable bonds is 1. The number of carboxylic acid groups (broad SMARTS) is 1. The number of hydrogen-bond acceptors (Lipinski definition) is 5. The standard InChI is InChI=1S/C5H9NO3.H2O4S/c7-3-1-4(5(8)9)6-2-3;1-5(2,3)4/h3-4,6-7H,1-2H2,(H,8,9);(H2,1,2,3,4)/t3-,4+;/m1./s1. The molecule has 0 aromatic rings. The SMILES string of the molecule is O=C(O)[C@@H]1C[C@@H](O)CN1.O=S(=O)(O)O. The molecule has 0 aliphatic carbocycles. The minimum atomic E-state index is -4.67. The predicted molar refractivity (Wildman–Crippen MR) is 44.2 cm³/mol. The fourth-order valence-corrected chi connectivity index (χ4v) is 0.905. The van der Waals surface area contributed by atoms with Crippen LogP contribution in [0.4, 0.5) is 0 Å². The molecule has 1 fully saturated rings. The van der Waals surface area contributed by atoms with Crippen molar-refractivity contribution in [2.45, 2.75) is 18.6 Å². The number of nitrogens with one attached hydrogen (secondary N) is 1. The van der Waals surface area contributed by atoms with Crippen molar-refractivity contribution in [2.75, 3.05) is 6.54 Å². The second kappa shape index (κ2) is 5.22. The van der Waals surface area contributed by atoms with Gasteiger partial charge < -0.3 is 15.5 Å². The molecule has 1 saturated heterocycles.